The second-order valence-corrected chi connectivity index (χ2v) is 7.22. The minimum absolute atomic E-state index is 0.166. The Bertz CT molecular complexity index is 868. The van der Waals surface area contributed by atoms with E-state index < -0.39 is 0 Å². The van der Waals surface area contributed by atoms with Crippen LogP contribution in [0.4, 0.5) is 5.69 Å². The minimum Gasteiger partial charge on any atom is -0.506 e. The molecule has 126 valence electrons. The molecule has 0 aliphatic rings. The minimum atomic E-state index is 0.166. The van der Waals surface area contributed by atoms with Gasteiger partial charge in [-0.05, 0) is 45.8 Å². The zero-order valence-corrected chi connectivity index (χ0v) is 16.5. The Balaban J connectivity index is 1.92. The maximum Gasteiger partial charge on any atom is 0.138 e. The molecule has 0 saturated carbocycles. The van der Waals surface area contributed by atoms with E-state index in [1.54, 1.807) is 12.3 Å². The lowest BCUT2D eigenvalue weighted by Gasteiger charge is -2.19. The van der Waals surface area contributed by atoms with Crippen molar-refractivity contribution in [2.75, 3.05) is 5.01 Å². The molecule has 1 N–H and O–H groups in total. The van der Waals surface area contributed by atoms with Gasteiger partial charge < -0.3 is 5.11 Å². The number of hydrogen-bond donors (Lipinski definition) is 1. The van der Waals surface area contributed by atoms with Gasteiger partial charge in [-0.2, -0.15) is 5.10 Å². The highest BCUT2D eigenvalue weighted by atomic mass is 79.9. The largest absolute Gasteiger partial charge is 0.506 e. The smallest absolute Gasteiger partial charge is 0.138 e. The topological polar surface area (TPSA) is 35.8 Å². The van der Waals surface area contributed by atoms with Gasteiger partial charge in [-0.15, -0.1) is 0 Å². The SMILES string of the molecule is Oc1c(Br)cc(Br)cc1C=NN(Cc1ccccc1)c1ccccc1. The van der Waals surface area contributed by atoms with Crippen LogP contribution in [0.15, 0.2) is 86.8 Å². The second-order valence-electron chi connectivity index (χ2n) is 5.45. The van der Waals surface area contributed by atoms with E-state index in [1.807, 2.05) is 59.6 Å². The van der Waals surface area contributed by atoms with E-state index in [9.17, 15) is 5.11 Å². The summed E-state index contributed by atoms with van der Waals surface area (Å²) >= 11 is 6.78. The summed E-state index contributed by atoms with van der Waals surface area (Å²) in [5.41, 5.74) is 2.77. The second kappa shape index (κ2) is 8.32. The van der Waals surface area contributed by atoms with Crippen LogP contribution < -0.4 is 5.01 Å². The van der Waals surface area contributed by atoms with Crippen molar-refractivity contribution in [3.8, 4) is 5.75 Å². The summed E-state index contributed by atoms with van der Waals surface area (Å²) in [6, 6.07) is 23.7. The highest BCUT2D eigenvalue weighted by Crippen LogP contribution is 2.31. The fraction of sp³-hybridized carbons (Fsp3) is 0.0500. The first-order chi connectivity index (χ1) is 12.1. The van der Waals surface area contributed by atoms with Crippen molar-refractivity contribution in [1.82, 2.24) is 0 Å². The molecule has 0 atom stereocenters. The molecule has 0 saturated heterocycles. The van der Waals surface area contributed by atoms with Crippen LogP contribution in [-0.4, -0.2) is 11.3 Å². The first kappa shape index (κ1) is 17.7. The molecule has 3 nitrogen and oxygen atoms in total. The number of hydrogen-bond acceptors (Lipinski definition) is 3. The van der Waals surface area contributed by atoms with Crippen molar-refractivity contribution in [2.45, 2.75) is 6.54 Å². The standard InChI is InChI=1S/C20H16Br2N2O/c21-17-11-16(20(25)19(22)12-17)13-23-24(18-9-5-2-6-10-18)14-15-7-3-1-4-8-15/h1-13,25H,14H2. The Labute approximate surface area is 163 Å². The van der Waals surface area contributed by atoms with Gasteiger partial charge in [0, 0.05) is 10.0 Å². The van der Waals surface area contributed by atoms with Crippen LogP contribution in [0.1, 0.15) is 11.1 Å². The van der Waals surface area contributed by atoms with Gasteiger partial charge in [0.1, 0.15) is 5.75 Å². The summed E-state index contributed by atoms with van der Waals surface area (Å²) in [5, 5.41) is 16.7. The number of hydrazone groups is 1. The van der Waals surface area contributed by atoms with Gasteiger partial charge in [-0.3, -0.25) is 5.01 Å². The molecule has 0 heterocycles. The Morgan fingerprint density at radius 1 is 0.920 bits per heavy atom. The maximum absolute atomic E-state index is 10.2. The van der Waals surface area contributed by atoms with Gasteiger partial charge in [-0.25, -0.2) is 0 Å². The molecule has 25 heavy (non-hydrogen) atoms. The molecule has 0 unspecified atom stereocenters. The van der Waals surface area contributed by atoms with Crippen molar-refractivity contribution in [1.29, 1.82) is 0 Å². The zero-order chi connectivity index (χ0) is 17.6. The average molecular weight is 460 g/mol. The van der Waals surface area contributed by atoms with Crippen LogP contribution in [0.25, 0.3) is 0 Å². The molecule has 0 bridgehead atoms. The molecular weight excluding hydrogens is 444 g/mol. The van der Waals surface area contributed by atoms with E-state index in [2.05, 4.69) is 49.1 Å². The number of rotatable bonds is 5. The first-order valence-corrected chi connectivity index (χ1v) is 9.30. The molecule has 3 aromatic carbocycles. The van der Waals surface area contributed by atoms with Gasteiger partial charge in [-0.1, -0.05) is 64.5 Å². The molecular formula is C20H16Br2N2O. The zero-order valence-electron chi connectivity index (χ0n) is 13.3. The van der Waals surface area contributed by atoms with Gasteiger partial charge in [0.25, 0.3) is 0 Å². The summed E-state index contributed by atoms with van der Waals surface area (Å²) < 4.78 is 1.49. The van der Waals surface area contributed by atoms with Crippen LogP contribution in [0.5, 0.6) is 5.75 Å². The molecule has 5 heteroatoms. The molecule has 3 aromatic rings. The Hall–Kier alpha value is -2.11. The molecule has 3 rings (SSSR count). The average Bonchev–Trinajstić information content (AvgIpc) is 2.64. The van der Waals surface area contributed by atoms with Crippen LogP contribution in [0.2, 0.25) is 0 Å². The molecule has 0 aliphatic carbocycles. The van der Waals surface area contributed by atoms with E-state index in [1.165, 1.54) is 0 Å². The van der Waals surface area contributed by atoms with E-state index in [-0.39, 0.29) is 5.75 Å². The lowest BCUT2D eigenvalue weighted by Crippen LogP contribution is -2.16. The van der Waals surface area contributed by atoms with Crippen LogP contribution in [-0.2, 0) is 6.54 Å². The highest BCUT2D eigenvalue weighted by Gasteiger charge is 2.08. The molecule has 0 fully saturated rings. The summed E-state index contributed by atoms with van der Waals surface area (Å²) in [6.07, 6.45) is 1.67. The predicted octanol–water partition coefficient (Wildman–Crippen LogP) is 5.96. The normalized spacial score (nSPS) is 11.0. The van der Waals surface area contributed by atoms with Crippen molar-refractivity contribution in [3.63, 3.8) is 0 Å². The number of benzene rings is 3. The fourth-order valence-corrected chi connectivity index (χ4v) is 3.63. The monoisotopic (exact) mass is 458 g/mol. The quantitative estimate of drug-likeness (QED) is 0.377. The number of anilines is 1. The molecule has 0 aliphatic heterocycles. The number of aromatic hydroxyl groups is 1. The van der Waals surface area contributed by atoms with Gasteiger partial charge in [0.15, 0.2) is 0 Å². The van der Waals surface area contributed by atoms with Crippen molar-refractivity contribution < 1.29 is 5.11 Å². The third kappa shape index (κ3) is 4.71. The van der Waals surface area contributed by atoms with Crippen molar-refractivity contribution in [3.05, 3.63) is 92.9 Å². The van der Waals surface area contributed by atoms with Crippen LogP contribution in [0.3, 0.4) is 0 Å². The highest BCUT2D eigenvalue weighted by molar-refractivity contribution is 9.11. The third-order valence-electron chi connectivity index (χ3n) is 3.62. The number of phenolic OH excluding ortho intramolecular Hbond substituents is 1. The Morgan fingerprint density at radius 2 is 1.56 bits per heavy atom. The summed E-state index contributed by atoms with van der Waals surface area (Å²) in [5.74, 6) is 0.166. The number of halogens is 2. The first-order valence-electron chi connectivity index (χ1n) is 7.72. The molecule has 0 aromatic heterocycles. The number of para-hydroxylation sites is 1. The summed E-state index contributed by atoms with van der Waals surface area (Å²) in [4.78, 5) is 0. The van der Waals surface area contributed by atoms with Gasteiger partial charge in [0.2, 0.25) is 0 Å². The summed E-state index contributed by atoms with van der Waals surface area (Å²) in [7, 11) is 0. The molecule has 0 spiro atoms. The van der Waals surface area contributed by atoms with Crippen LogP contribution in [0, 0.1) is 0 Å². The van der Waals surface area contributed by atoms with E-state index in [4.69, 9.17) is 0 Å². The third-order valence-corrected chi connectivity index (χ3v) is 4.69. The van der Waals surface area contributed by atoms with Crippen molar-refractivity contribution >= 4 is 43.8 Å². The van der Waals surface area contributed by atoms with E-state index in [0.29, 0.717) is 16.6 Å². The molecule has 0 radical (unpaired) electrons. The van der Waals surface area contributed by atoms with E-state index in [0.717, 1.165) is 15.7 Å². The maximum atomic E-state index is 10.2. The van der Waals surface area contributed by atoms with Crippen molar-refractivity contribution in [2.24, 2.45) is 5.10 Å². The number of phenols is 1. The fourth-order valence-electron chi connectivity index (χ4n) is 2.37. The van der Waals surface area contributed by atoms with E-state index >= 15 is 0 Å². The summed E-state index contributed by atoms with van der Waals surface area (Å²) in [6.45, 7) is 0.636. The lowest BCUT2D eigenvalue weighted by atomic mass is 10.2. The molecule has 0 amide bonds. The lowest BCUT2D eigenvalue weighted by molar-refractivity contribution is 0.471. The Kier molecular flexibility index (Phi) is 5.89. The predicted molar refractivity (Wildman–Crippen MR) is 110 cm³/mol. The van der Waals surface area contributed by atoms with Gasteiger partial charge >= 0.3 is 0 Å². The van der Waals surface area contributed by atoms with Gasteiger partial charge in [0.05, 0.1) is 22.9 Å². The van der Waals surface area contributed by atoms with Crippen LogP contribution >= 0.6 is 31.9 Å². The number of nitrogens with zero attached hydrogens (tertiary/aromatic N) is 2. The Morgan fingerprint density at radius 3 is 2.24 bits per heavy atom.